The van der Waals surface area contributed by atoms with Crippen molar-refractivity contribution in [2.45, 2.75) is 30.8 Å². The maximum atomic E-state index is 13.1. The molecule has 1 aromatic carbocycles. The Morgan fingerprint density at radius 2 is 2.15 bits per heavy atom. The third kappa shape index (κ3) is 4.72. The Morgan fingerprint density at radius 1 is 1.41 bits per heavy atom. The van der Waals surface area contributed by atoms with Crippen molar-refractivity contribution in [1.29, 1.82) is 0 Å². The number of anilines is 2. The Balaban J connectivity index is 1.68. The molecule has 0 saturated carbocycles. The smallest absolute Gasteiger partial charge is 0.237 e. The van der Waals surface area contributed by atoms with Gasteiger partial charge in [-0.05, 0) is 32.0 Å². The molecule has 1 fully saturated rings. The summed E-state index contributed by atoms with van der Waals surface area (Å²) in [6, 6.07) is 3.86. The Morgan fingerprint density at radius 3 is 2.81 bits per heavy atom. The van der Waals surface area contributed by atoms with E-state index in [0.717, 1.165) is 25.1 Å². The van der Waals surface area contributed by atoms with Gasteiger partial charge in [-0.3, -0.25) is 9.36 Å². The molecule has 1 aliphatic rings. The number of morpholine rings is 1. The molecule has 0 bridgehead atoms. The maximum absolute atomic E-state index is 13.1. The number of benzene rings is 1. The molecule has 0 unspecified atom stereocenters. The van der Waals surface area contributed by atoms with Gasteiger partial charge in [-0.1, -0.05) is 23.4 Å². The molecule has 1 amide bonds. The molecule has 3 rings (SSSR count). The van der Waals surface area contributed by atoms with Gasteiger partial charge in [-0.2, -0.15) is 0 Å². The summed E-state index contributed by atoms with van der Waals surface area (Å²) in [6.07, 6.45) is 0. The van der Waals surface area contributed by atoms with Crippen LogP contribution >= 0.6 is 23.4 Å². The Hall–Kier alpha value is -1.84. The van der Waals surface area contributed by atoms with E-state index in [4.69, 9.17) is 16.3 Å². The average Bonchev–Trinajstić information content (AvgIpc) is 3.07. The second kappa shape index (κ2) is 8.90. The number of carbonyl (C=O) groups is 1. The summed E-state index contributed by atoms with van der Waals surface area (Å²) >= 11 is 7.29. The second-order valence-corrected chi connectivity index (χ2v) is 7.71. The molecule has 0 radical (unpaired) electrons. The standard InChI is InChI=1S/C17H21ClFN5O2S/c1-3-24-16(23-6-8-26-9-7-23)21-22-17(24)27-11(2)15(25)20-14-5-4-12(19)10-13(14)18/h4-5,10-11H,3,6-9H2,1-2H3,(H,20,25)/t11-/m1/s1. The van der Waals surface area contributed by atoms with E-state index in [1.165, 1.54) is 23.9 Å². The second-order valence-electron chi connectivity index (χ2n) is 6.00. The van der Waals surface area contributed by atoms with Crippen molar-refractivity contribution in [3.63, 3.8) is 0 Å². The van der Waals surface area contributed by atoms with Crippen LogP contribution < -0.4 is 10.2 Å². The molecule has 146 valence electrons. The molecular weight excluding hydrogens is 393 g/mol. The van der Waals surface area contributed by atoms with Crippen molar-refractivity contribution in [1.82, 2.24) is 14.8 Å². The van der Waals surface area contributed by atoms with Crippen molar-refractivity contribution in [3.05, 3.63) is 29.0 Å². The Labute approximate surface area is 166 Å². The summed E-state index contributed by atoms with van der Waals surface area (Å²) in [7, 11) is 0. The van der Waals surface area contributed by atoms with E-state index in [1.807, 2.05) is 11.5 Å². The van der Waals surface area contributed by atoms with Crippen molar-refractivity contribution >= 4 is 40.9 Å². The zero-order chi connectivity index (χ0) is 19.4. The molecule has 7 nitrogen and oxygen atoms in total. The summed E-state index contributed by atoms with van der Waals surface area (Å²) in [5.74, 6) is 0.0942. The number of carbonyl (C=O) groups excluding carboxylic acids is 1. The Bertz CT molecular complexity index is 813. The number of hydrogen-bond acceptors (Lipinski definition) is 6. The molecule has 1 atom stereocenters. The number of rotatable bonds is 6. The third-order valence-electron chi connectivity index (χ3n) is 4.15. The van der Waals surface area contributed by atoms with E-state index in [0.29, 0.717) is 30.6 Å². The summed E-state index contributed by atoms with van der Waals surface area (Å²) in [5.41, 5.74) is 0.376. The van der Waals surface area contributed by atoms with Crippen LogP contribution in [-0.2, 0) is 16.1 Å². The number of amides is 1. The van der Waals surface area contributed by atoms with Crippen molar-refractivity contribution < 1.29 is 13.9 Å². The quantitative estimate of drug-likeness (QED) is 0.734. The molecule has 27 heavy (non-hydrogen) atoms. The van der Waals surface area contributed by atoms with Gasteiger partial charge in [0.05, 0.1) is 29.2 Å². The molecule has 1 N–H and O–H groups in total. The zero-order valence-electron chi connectivity index (χ0n) is 15.1. The number of nitrogens with one attached hydrogen (secondary N) is 1. The van der Waals surface area contributed by atoms with Gasteiger partial charge in [0.1, 0.15) is 5.82 Å². The van der Waals surface area contributed by atoms with Gasteiger partial charge in [0.2, 0.25) is 11.9 Å². The highest BCUT2D eigenvalue weighted by molar-refractivity contribution is 8.00. The molecular formula is C17H21ClFN5O2S. The van der Waals surface area contributed by atoms with E-state index in [9.17, 15) is 9.18 Å². The van der Waals surface area contributed by atoms with Gasteiger partial charge >= 0.3 is 0 Å². The monoisotopic (exact) mass is 413 g/mol. The number of halogens is 2. The molecule has 0 aliphatic carbocycles. The predicted octanol–water partition coefficient (Wildman–Crippen LogP) is 3.05. The van der Waals surface area contributed by atoms with Gasteiger partial charge in [0, 0.05) is 19.6 Å². The number of aromatic nitrogens is 3. The van der Waals surface area contributed by atoms with Crippen LogP contribution in [0, 0.1) is 5.82 Å². The van der Waals surface area contributed by atoms with Crippen LogP contribution in [0.25, 0.3) is 0 Å². The highest BCUT2D eigenvalue weighted by atomic mass is 35.5. The number of ether oxygens (including phenoxy) is 1. The first-order valence-electron chi connectivity index (χ1n) is 8.68. The van der Waals surface area contributed by atoms with Crippen LogP contribution in [-0.4, -0.2) is 52.2 Å². The van der Waals surface area contributed by atoms with Crippen molar-refractivity contribution in [2.24, 2.45) is 0 Å². The van der Waals surface area contributed by atoms with E-state index < -0.39 is 11.1 Å². The minimum absolute atomic E-state index is 0.159. The summed E-state index contributed by atoms with van der Waals surface area (Å²) in [5, 5.41) is 11.7. The molecule has 2 aromatic rings. The van der Waals surface area contributed by atoms with E-state index in [-0.39, 0.29) is 10.9 Å². The molecule has 0 spiro atoms. The molecule has 1 aliphatic heterocycles. The minimum atomic E-state index is -0.452. The normalized spacial score (nSPS) is 15.6. The van der Waals surface area contributed by atoms with Crippen LogP contribution in [0.1, 0.15) is 13.8 Å². The van der Waals surface area contributed by atoms with Crippen LogP contribution in [0.3, 0.4) is 0 Å². The number of nitrogens with zero attached hydrogens (tertiary/aromatic N) is 4. The number of thioether (sulfide) groups is 1. The van der Waals surface area contributed by atoms with Gasteiger partial charge in [0.15, 0.2) is 5.16 Å². The molecule has 1 aromatic heterocycles. The third-order valence-corrected chi connectivity index (χ3v) is 5.54. The largest absolute Gasteiger partial charge is 0.378 e. The topological polar surface area (TPSA) is 72.3 Å². The lowest BCUT2D eigenvalue weighted by molar-refractivity contribution is -0.115. The fraction of sp³-hybridized carbons (Fsp3) is 0.471. The molecule has 1 saturated heterocycles. The van der Waals surface area contributed by atoms with Crippen LogP contribution in [0.4, 0.5) is 16.0 Å². The van der Waals surface area contributed by atoms with E-state index in [1.54, 1.807) is 6.92 Å². The SMILES string of the molecule is CCn1c(S[C@H](C)C(=O)Nc2ccc(F)cc2Cl)nnc1N1CCOCC1. The van der Waals surface area contributed by atoms with Gasteiger partial charge in [0.25, 0.3) is 0 Å². The first kappa shape index (κ1) is 19.9. The van der Waals surface area contributed by atoms with Crippen LogP contribution in [0.15, 0.2) is 23.4 Å². The van der Waals surface area contributed by atoms with Crippen molar-refractivity contribution in [3.8, 4) is 0 Å². The average molecular weight is 414 g/mol. The summed E-state index contributed by atoms with van der Waals surface area (Å²) in [6.45, 7) is 7.34. The maximum Gasteiger partial charge on any atom is 0.237 e. The van der Waals surface area contributed by atoms with Gasteiger partial charge in [-0.15, -0.1) is 10.2 Å². The lowest BCUT2D eigenvalue weighted by atomic mass is 10.3. The molecule has 10 heteroatoms. The lowest BCUT2D eigenvalue weighted by Gasteiger charge is -2.27. The highest BCUT2D eigenvalue weighted by Crippen LogP contribution is 2.28. The summed E-state index contributed by atoms with van der Waals surface area (Å²) in [4.78, 5) is 14.6. The minimum Gasteiger partial charge on any atom is -0.378 e. The van der Waals surface area contributed by atoms with E-state index in [2.05, 4.69) is 20.4 Å². The van der Waals surface area contributed by atoms with E-state index >= 15 is 0 Å². The fourth-order valence-electron chi connectivity index (χ4n) is 2.68. The Kier molecular flexibility index (Phi) is 6.56. The van der Waals surface area contributed by atoms with Crippen molar-refractivity contribution in [2.75, 3.05) is 36.5 Å². The van der Waals surface area contributed by atoms with Gasteiger partial charge < -0.3 is 15.0 Å². The fourth-order valence-corrected chi connectivity index (χ4v) is 3.80. The first-order valence-corrected chi connectivity index (χ1v) is 9.93. The lowest BCUT2D eigenvalue weighted by Crippen LogP contribution is -2.38. The first-order chi connectivity index (χ1) is 13.0. The zero-order valence-corrected chi connectivity index (χ0v) is 16.7. The highest BCUT2D eigenvalue weighted by Gasteiger charge is 2.23. The predicted molar refractivity (Wildman–Crippen MR) is 104 cm³/mol. The molecule has 2 heterocycles. The van der Waals surface area contributed by atoms with Crippen LogP contribution in [0.2, 0.25) is 5.02 Å². The summed E-state index contributed by atoms with van der Waals surface area (Å²) < 4.78 is 20.5. The van der Waals surface area contributed by atoms with Crippen LogP contribution in [0.5, 0.6) is 0 Å². The number of hydrogen-bond donors (Lipinski definition) is 1. The van der Waals surface area contributed by atoms with Gasteiger partial charge in [-0.25, -0.2) is 4.39 Å².